The van der Waals surface area contributed by atoms with Crippen molar-refractivity contribution in [2.75, 3.05) is 4.90 Å². The van der Waals surface area contributed by atoms with Crippen molar-refractivity contribution in [2.24, 2.45) is 4.99 Å². The molecule has 0 spiro atoms. The molecule has 1 aromatic heterocycles. The molecule has 8 aromatic carbocycles. The summed E-state index contributed by atoms with van der Waals surface area (Å²) in [4.78, 5) is 12.8. The van der Waals surface area contributed by atoms with E-state index in [0.29, 0.717) is 6.54 Å². The summed E-state index contributed by atoms with van der Waals surface area (Å²) >= 11 is 0. The molecular weight excluding hydrogens is 799 g/mol. The van der Waals surface area contributed by atoms with Crippen molar-refractivity contribution in [1.82, 2.24) is 4.98 Å². The summed E-state index contributed by atoms with van der Waals surface area (Å²) < 4.78 is 0. The van der Waals surface area contributed by atoms with Gasteiger partial charge in [-0.25, -0.2) is 4.98 Å². The van der Waals surface area contributed by atoms with Crippen molar-refractivity contribution < 1.29 is 0 Å². The highest BCUT2D eigenvalue weighted by Crippen LogP contribution is 2.53. The van der Waals surface area contributed by atoms with Crippen LogP contribution in [-0.2, 0) is 17.4 Å². The van der Waals surface area contributed by atoms with Gasteiger partial charge in [-0.1, -0.05) is 173 Å². The van der Waals surface area contributed by atoms with Crippen molar-refractivity contribution in [1.29, 1.82) is 0 Å². The third-order valence-electron chi connectivity index (χ3n) is 14.9. The number of aromatic nitrogens is 1. The van der Waals surface area contributed by atoms with Gasteiger partial charge in [0.15, 0.2) is 0 Å². The number of rotatable bonds is 8. The lowest BCUT2D eigenvalue weighted by atomic mass is 9.78. The molecule has 0 N–H and O–H groups in total. The predicted octanol–water partition coefficient (Wildman–Crippen LogP) is 16.8. The van der Waals surface area contributed by atoms with Gasteiger partial charge in [-0.15, -0.1) is 0 Å². The van der Waals surface area contributed by atoms with Gasteiger partial charge in [0.25, 0.3) is 0 Å². The van der Waals surface area contributed by atoms with Crippen LogP contribution in [0.5, 0.6) is 0 Å². The van der Waals surface area contributed by atoms with E-state index in [-0.39, 0.29) is 10.8 Å². The van der Waals surface area contributed by atoms with Gasteiger partial charge in [0, 0.05) is 39.4 Å². The second kappa shape index (κ2) is 15.2. The van der Waals surface area contributed by atoms with E-state index in [1.165, 1.54) is 61.0 Å². The number of aliphatic imine (C=N–C) groups is 1. The molecule has 0 fully saturated rings. The van der Waals surface area contributed by atoms with Crippen molar-refractivity contribution in [3.63, 3.8) is 0 Å². The first-order valence-corrected chi connectivity index (χ1v) is 23.3. The average Bonchev–Trinajstić information content (AvgIpc) is 3.74. The second-order valence-corrected chi connectivity index (χ2v) is 19.3. The third-order valence-corrected chi connectivity index (χ3v) is 14.9. The van der Waals surface area contributed by atoms with E-state index in [4.69, 9.17) is 9.98 Å². The molecule has 0 unspecified atom stereocenters. The van der Waals surface area contributed by atoms with Crippen molar-refractivity contribution in [2.45, 2.75) is 57.9 Å². The third kappa shape index (κ3) is 6.25. The SMILES string of the molecule is C=Nc1cc(-c2cc(-c3ccc4c(c3)C(C)(C)c3ccccc3-4)nc3c2cc(-c2ccc4c(c2)C(C)(C)C2=C4C=CCC2)c2ccccc23)ccc1N(Cc1ccccc1)c1ccccc1. The molecule has 9 aromatic rings. The molecule has 0 amide bonds. The zero-order chi connectivity index (χ0) is 44.7. The number of fused-ring (bicyclic) bond motifs is 8. The van der Waals surface area contributed by atoms with E-state index >= 15 is 0 Å². The summed E-state index contributed by atoms with van der Waals surface area (Å²) in [5.41, 5.74) is 22.7. The van der Waals surface area contributed by atoms with Crippen molar-refractivity contribution >= 4 is 51.0 Å². The van der Waals surface area contributed by atoms with Crippen LogP contribution in [0.25, 0.3) is 71.9 Å². The first kappa shape index (κ1) is 39.9. The molecule has 12 rings (SSSR count). The molecule has 0 bridgehead atoms. The Morgan fingerprint density at radius 1 is 0.545 bits per heavy atom. The molecule has 3 nitrogen and oxygen atoms in total. The Balaban J connectivity index is 1.08. The lowest BCUT2D eigenvalue weighted by molar-refractivity contribution is 0.607. The van der Waals surface area contributed by atoms with Gasteiger partial charge < -0.3 is 4.90 Å². The van der Waals surface area contributed by atoms with Crippen LogP contribution in [0.2, 0.25) is 0 Å². The van der Waals surface area contributed by atoms with Gasteiger partial charge in [-0.05, 0) is 140 Å². The molecule has 318 valence electrons. The maximum Gasteiger partial charge on any atom is 0.0865 e. The van der Waals surface area contributed by atoms with Crippen molar-refractivity contribution in [3.05, 3.63) is 221 Å². The molecule has 3 aliphatic carbocycles. The standard InChI is InChI=1S/C63H51N3/c1-62(2)54-26-16-14-23-46(54)48-31-28-41(34-56(48)62)51-37-53-52(42-30-33-60(59(36-42)64-5)66(44-20-10-7-11-21-44)39-40-18-8-6-9-19-40)38-58(65-61(53)50-25-13-12-22-45(50)51)43-29-32-49-47-24-15-17-27-55(47)63(3,4)57(49)35-43/h6-15,17-25,27-38H,5,16,26,39H2,1-4H3. The van der Waals surface area contributed by atoms with Gasteiger partial charge in [-0.3, -0.25) is 4.99 Å². The fraction of sp³-hybridized carbons (Fsp3) is 0.143. The van der Waals surface area contributed by atoms with Gasteiger partial charge >= 0.3 is 0 Å². The van der Waals surface area contributed by atoms with Crippen LogP contribution >= 0.6 is 0 Å². The molecule has 0 aliphatic heterocycles. The van der Waals surface area contributed by atoms with Gasteiger partial charge in [0.2, 0.25) is 0 Å². The van der Waals surface area contributed by atoms with Crippen LogP contribution in [-0.4, -0.2) is 11.7 Å². The Hall–Kier alpha value is -7.62. The summed E-state index contributed by atoms with van der Waals surface area (Å²) in [5, 5.41) is 3.44. The van der Waals surface area contributed by atoms with E-state index in [0.717, 1.165) is 68.6 Å². The number of pyridine rings is 1. The summed E-state index contributed by atoms with van der Waals surface area (Å²) in [5.74, 6) is 0. The molecule has 0 saturated heterocycles. The van der Waals surface area contributed by atoms with E-state index in [1.807, 2.05) is 0 Å². The van der Waals surface area contributed by atoms with Crippen LogP contribution in [0.3, 0.4) is 0 Å². The lowest BCUT2D eigenvalue weighted by Crippen LogP contribution is -2.17. The summed E-state index contributed by atoms with van der Waals surface area (Å²) in [6, 6.07) is 64.5. The lowest BCUT2D eigenvalue weighted by Gasteiger charge is -2.27. The fourth-order valence-corrected chi connectivity index (χ4v) is 11.5. The summed E-state index contributed by atoms with van der Waals surface area (Å²) in [6.45, 7) is 14.4. The molecule has 3 aliphatic rings. The average molecular weight is 850 g/mol. The number of benzene rings is 8. The van der Waals surface area contributed by atoms with E-state index < -0.39 is 0 Å². The van der Waals surface area contributed by atoms with E-state index in [9.17, 15) is 0 Å². The van der Waals surface area contributed by atoms with Crippen LogP contribution in [0.15, 0.2) is 199 Å². The predicted molar refractivity (Wildman–Crippen MR) is 279 cm³/mol. The molecule has 0 radical (unpaired) electrons. The quantitative estimate of drug-likeness (QED) is 0.113. The number of para-hydroxylation sites is 1. The van der Waals surface area contributed by atoms with Gasteiger partial charge in [0.1, 0.15) is 0 Å². The summed E-state index contributed by atoms with van der Waals surface area (Å²) in [7, 11) is 0. The Morgan fingerprint density at radius 3 is 2.00 bits per heavy atom. The summed E-state index contributed by atoms with van der Waals surface area (Å²) in [6.07, 6.45) is 6.91. The molecule has 3 heteroatoms. The van der Waals surface area contributed by atoms with Crippen LogP contribution in [0.1, 0.15) is 68.4 Å². The minimum atomic E-state index is -0.135. The normalized spacial score (nSPS) is 15.1. The minimum Gasteiger partial charge on any atom is -0.335 e. The van der Waals surface area contributed by atoms with Gasteiger partial charge in [0.05, 0.1) is 22.6 Å². The first-order chi connectivity index (χ1) is 32.2. The Bertz CT molecular complexity index is 3520. The van der Waals surface area contributed by atoms with Gasteiger partial charge in [-0.2, -0.15) is 0 Å². The number of hydrogen-bond donors (Lipinski definition) is 0. The highest BCUT2D eigenvalue weighted by Gasteiger charge is 2.38. The smallest absolute Gasteiger partial charge is 0.0865 e. The second-order valence-electron chi connectivity index (χ2n) is 19.3. The minimum absolute atomic E-state index is 0.0323. The molecule has 0 atom stereocenters. The van der Waals surface area contributed by atoms with E-state index in [2.05, 4.69) is 227 Å². The number of nitrogens with zero attached hydrogens (tertiary/aromatic N) is 3. The fourth-order valence-electron chi connectivity index (χ4n) is 11.5. The molecule has 0 saturated carbocycles. The Kier molecular flexibility index (Phi) is 9.22. The number of allylic oxidation sites excluding steroid dienone is 4. The van der Waals surface area contributed by atoms with Crippen LogP contribution in [0.4, 0.5) is 17.1 Å². The van der Waals surface area contributed by atoms with E-state index in [1.54, 1.807) is 5.57 Å². The largest absolute Gasteiger partial charge is 0.335 e. The highest BCUT2D eigenvalue weighted by atomic mass is 15.1. The zero-order valence-corrected chi connectivity index (χ0v) is 38.1. The van der Waals surface area contributed by atoms with Crippen molar-refractivity contribution in [3.8, 4) is 44.6 Å². The van der Waals surface area contributed by atoms with Crippen LogP contribution < -0.4 is 4.90 Å². The Labute approximate surface area is 388 Å². The Morgan fingerprint density at radius 2 is 1.18 bits per heavy atom. The maximum atomic E-state index is 5.66. The zero-order valence-electron chi connectivity index (χ0n) is 38.1. The molecule has 1 heterocycles. The maximum absolute atomic E-state index is 5.66. The molecular formula is C63H51N3. The monoisotopic (exact) mass is 849 g/mol. The van der Waals surface area contributed by atoms with Crippen LogP contribution in [0, 0.1) is 0 Å². The first-order valence-electron chi connectivity index (χ1n) is 23.3. The highest BCUT2D eigenvalue weighted by molar-refractivity contribution is 6.16. The molecule has 66 heavy (non-hydrogen) atoms. The number of anilines is 2. The number of hydrogen-bond acceptors (Lipinski definition) is 3. The topological polar surface area (TPSA) is 28.5 Å².